The van der Waals surface area contributed by atoms with Gasteiger partial charge in [-0.25, -0.2) is 14.3 Å². The lowest BCUT2D eigenvalue weighted by molar-refractivity contribution is 0.233. The molecular formula is C13H19N5OS. The fourth-order valence-electron chi connectivity index (χ4n) is 2.63. The first-order valence-electron chi connectivity index (χ1n) is 7.13. The molecule has 2 heterocycles. The minimum atomic E-state index is -0.0537. The largest absolute Gasteiger partial charge is 0.338 e. The molecule has 1 aliphatic rings. The van der Waals surface area contributed by atoms with Gasteiger partial charge in [0.2, 0.25) is 4.96 Å². The summed E-state index contributed by atoms with van der Waals surface area (Å²) in [6.07, 6.45) is 8.29. The van der Waals surface area contributed by atoms with Crippen molar-refractivity contribution in [1.29, 1.82) is 0 Å². The van der Waals surface area contributed by atoms with Crippen molar-refractivity contribution in [3.8, 4) is 0 Å². The molecule has 1 saturated carbocycles. The molecule has 7 heteroatoms. The van der Waals surface area contributed by atoms with Crippen LogP contribution in [0.5, 0.6) is 0 Å². The Morgan fingerprint density at radius 2 is 2.25 bits per heavy atom. The molecule has 0 aliphatic heterocycles. The molecule has 0 spiro atoms. The number of carbonyl (C=O) groups excluding carboxylic acids is 1. The predicted octanol–water partition coefficient (Wildman–Crippen LogP) is 1.97. The van der Waals surface area contributed by atoms with Crippen LogP contribution in [0, 0.1) is 0 Å². The summed E-state index contributed by atoms with van der Waals surface area (Å²) in [5.41, 5.74) is 1.08. The van der Waals surface area contributed by atoms with E-state index in [-0.39, 0.29) is 6.03 Å². The third-order valence-electron chi connectivity index (χ3n) is 3.70. The second-order valence-electron chi connectivity index (χ2n) is 5.17. The maximum atomic E-state index is 11.8. The standard InChI is InChI=1S/C13H19N5OS/c19-12(17-10-4-2-1-3-5-10)14-7-6-11-8-20-13-15-9-16-18(11)13/h8-10H,1-7H2,(H2,14,17,19). The quantitative estimate of drug-likeness (QED) is 0.905. The Kier molecular flexibility index (Phi) is 4.15. The monoisotopic (exact) mass is 293 g/mol. The van der Waals surface area contributed by atoms with Crippen LogP contribution in [0.2, 0.25) is 0 Å². The van der Waals surface area contributed by atoms with E-state index in [0.29, 0.717) is 12.6 Å². The molecule has 2 amide bonds. The highest BCUT2D eigenvalue weighted by molar-refractivity contribution is 7.15. The third kappa shape index (κ3) is 3.09. The number of rotatable bonds is 4. The molecule has 108 valence electrons. The fraction of sp³-hybridized carbons (Fsp3) is 0.615. The summed E-state index contributed by atoms with van der Waals surface area (Å²) in [5, 5.41) is 12.2. The molecule has 1 aliphatic carbocycles. The highest BCUT2D eigenvalue weighted by Crippen LogP contribution is 2.17. The summed E-state index contributed by atoms with van der Waals surface area (Å²) in [7, 11) is 0. The second kappa shape index (κ2) is 6.21. The molecule has 0 aromatic carbocycles. The maximum Gasteiger partial charge on any atom is 0.315 e. The lowest BCUT2D eigenvalue weighted by Gasteiger charge is -2.22. The Hall–Kier alpha value is -1.63. The molecule has 0 bridgehead atoms. The van der Waals surface area contributed by atoms with Crippen molar-refractivity contribution in [3.05, 3.63) is 17.4 Å². The predicted molar refractivity (Wildman–Crippen MR) is 78.0 cm³/mol. The van der Waals surface area contributed by atoms with Gasteiger partial charge in [0.05, 0.1) is 5.69 Å². The van der Waals surface area contributed by atoms with Gasteiger partial charge in [-0.2, -0.15) is 5.10 Å². The molecule has 0 atom stereocenters. The molecule has 0 radical (unpaired) electrons. The number of nitrogens with one attached hydrogen (secondary N) is 2. The van der Waals surface area contributed by atoms with Gasteiger partial charge in [-0.15, -0.1) is 11.3 Å². The molecular weight excluding hydrogens is 274 g/mol. The lowest BCUT2D eigenvalue weighted by atomic mass is 9.96. The van der Waals surface area contributed by atoms with Gasteiger partial charge < -0.3 is 10.6 Å². The van der Waals surface area contributed by atoms with E-state index in [2.05, 4.69) is 20.7 Å². The van der Waals surface area contributed by atoms with Gasteiger partial charge in [-0.05, 0) is 12.8 Å². The SMILES string of the molecule is O=C(NCCc1csc2ncnn12)NC1CCCCC1. The van der Waals surface area contributed by atoms with Crippen LogP contribution >= 0.6 is 11.3 Å². The van der Waals surface area contributed by atoms with Gasteiger partial charge in [0.25, 0.3) is 0 Å². The van der Waals surface area contributed by atoms with Crippen molar-refractivity contribution in [2.75, 3.05) is 6.54 Å². The summed E-state index contributed by atoms with van der Waals surface area (Å²) < 4.78 is 1.82. The van der Waals surface area contributed by atoms with Gasteiger partial charge in [0.1, 0.15) is 6.33 Å². The number of fused-ring (bicyclic) bond motifs is 1. The van der Waals surface area contributed by atoms with Crippen LogP contribution in [0.25, 0.3) is 4.96 Å². The zero-order valence-electron chi connectivity index (χ0n) is 11.3. The van der Waals surface area contributed by atoms with Crippen LogP contribution in [-0.2, 0) is 6.42 Å². The number of thiazole rings is 1. The van der Waals surface area contributed by atoms with E-state index in [4.69, 9.17) is 0 Å². The summed E-state index contributed by atoms with van der Waals surface area (Å²) >= 11 is 1.57. The summed E-state index contributed by atoms with van der Waals surface area (Å²) in [4.78, 5) is 16.8. The minimum absolute atomic E-state index is 0.0537. The first kappa shape index (κ1) is 13.4. The molecule has 0 unspecified atom stereocenters. The highest BCUT2D eigenvalue weighted by atomic mass is 32.1. The average molecular weight is 293 g/mol. The Balaban J connectivity index is 1.43. The number of carbonyl (C=O) groups is 1. The van der Waals surface area contributed by atoms with Gasteiger partial charge in [0, 0.05) is 24.4 Å². The number of nitrogens with zero attached hydrogens (tertiary/aromatic N) is 3. The second-order valence-corrected chi connectivity index (χ2v) is 6.00. The summed E-state index contributed by atoms with van der Waals surface area (Å²) in [6.45, 7) is 0.615. The number of hydrogen-bond acceptors (Lipinski definition) is 4. The minimum Gasteiger partial charge on any atom is -0.338 e. The smallest absolute Gasteiger partial charge is 0.315 e. The van der Waals surface area contributed by atoms with Gasteiger partial charge >= 0.3 is 6.03 Å². The van der Waals surface area contributed by atoms with Crippen molar-refractivity contribution >= 4 is 22.3 Å². The van der Waals surface area contributed by atoms with Gasteiger partial charge in [-0.1, -0.05) is 19.3 Å². The molecule has 2 aromatic rings. The Labute approximate surface area is 121 Å². The van der Waals surface area contributed by atoms with Gasteiger partial charge in [0.15, 0.2) is 0 Å². The molecule has 0 saturated heterocycles. The van der Waals surface area contributed by atoms with Gasteiger partial charge in [-0.3, -0.25) is 0 Å². The van der Waals surface area contributed by atoms with Crippen LogP contribution < -0.4 is 10.6 Å². The first-order chi connectivity index (χ1) is 9.83. The number of aromatic nitrogens is 3. The Bertz CT molecular complexity index is 572. The fourth-order valence-corrected chi connectivity index (χ4v) is 3.46. The third-order valence-corrected chi connectivity index (χ3v) is 4.58. The van der Waals surface area contributed by atoms with E-state index in [1.54, 1.807) is 17.7 Å². The lowest BCUT2D eigenvalue weighted by Crippen LogP contribution is -2.43. The van der Waals surface area contributed by atoms with Crippen molar-refractivity contribution in [1.82, 2.24) is 25.2 Å². The molecule has 20 heavy (non-hydrogen) atoms. The van der Waals surface area contributed by atoms with E-state index >= 15 is 0 Å². The van der Waals surface area contributed by atoms with Crippen molar-refractivity contribution in [3.63, 3.8) is 0 Å². The molecule has 1 fully saturated rings. The molecule has 2 aromatic heterocycles. The normalized spacial score (nSPS) is 16.4. The van der Waals surface area contributed by atoms with Crippen molar-refractivity contribution in [2.45, 2.75) is 44.6 Å². The number of hydrogen-bond donors (Lipinski definition) is 2. The zero-order valence-corrected chi connectivity index (χ0v) is 12.2. The summed E-state index contributed by atoms with van der Waals surface area (Å²) in [6, 6.07) is 0.300. The first-order valence-corrected chi connectivity index (χ1v) is 8.01. The number of amides is 2. The van der Waals surface area contributed by atoms with Crippen LogP contribution in [0.3, 0.4) is 0 Å². The van der Waals surface area contributed by atoms with E-state index in [1.165, 1.54) is 19.3 Å². The number of urea groups is 1. The van der Waals surface area contributed by atoms with Crippen LogP contribution in [0.1, 0.15) is 37.8 Å². The molecule has 6 nitrogen and oxygen atoms in total. The van der Waals surface area contributed by atoms with E-state index in [0.717, 1.165) is 29.9 Å². The van der Waals surface area contributed by atoms with Crippen LogP contribution in [-0.4, -0.2) is 33.2 Å². The maximum absolute atomic E-state index is 11.8. The Morgan fingerprint density at radius 1 is 1.40 bits per heavy atom. The van der Waals surface area contributed by atoms with E-state index in [9.17, 15) is 4.79 Å². The van der Waals surface area contributed by atoms with E-state index < -0.39 is 0 Å². The average Bonchev–Trinajstić information content (AvgIpc) is 3.04. The topological polar surface area (TPSA) is 71.3 Å². The van der Waals surface area contributed by atoms with Crippen molar-refractivity contribution in [2.24, 2.45) is 0 Å². The van der Waals surface area contributed by atoms with Crippen LogP contribution in [0.15, 0.2) is 11.7 Å². The Morgan fingerprint density at radius 3 is 3.10 bits per heavy atom. The highest BCUT2D eigenvalue weighted by Gasteiger charge is 2.15. The van der Waals surface area contributed by atoms with Crippen LogP contribution in [0.4, 0.5) is 4.79 Å². The van der Waals surface area contributed by atoms with E-state index in [1.807, 2.05) is 9.90 Å². The zero-order chi connectivity index (χ0) is 13.8. The molecule has 2 N–H and O–H groups in total. The summed E-state index contributed by atoms with van der Waals surface area (Å²) in [5.74, 6) is 0. The molecule has 3 rings (SSSR count). The van der Waals surface area contributed by atoms with Crippen molar-refractivity contribution < 1.29 is 4.79 Å².